The maximum atomic E-state index is 12.9. The monoisotopic (exact) mass is 368 g/mol. The zero-order valence-electron chi connectivity index (χ0n) is 14.5. The number of fused-ring (bicyclic) bond motifs is 2. The number of anilines is 1. The Hall–Kier alpha value is -2.41. The third-order valence-electron chi connectivity index (χ3n) is 4.79. The molecule has 0 radical (unpaired) electrons. The zero-order chi connectivity index (χ0) is 18.1. The number of carbonyl (C=O) groups is 1. The number of aromatic nitrogens is 3. The van der Waals surface area contributed by atoms with Gasteiger partial charge in [0, 0.05) is 36.2 Å². The van der Waals surface area contributed by atoms with Crippen molar-refractivity contribution in [3.05, 3.63) is 57.8 Å². The minimum atomic E-state index is -0.365. The second kappa shape index (κ2) is 7.07. The molecule has 0 aromatic carbocycles. The van der Waals surface area contributed by atoms with Crippen LogP contribution in [0.1, 0.15) is 43.2 Å². The van der Waals surface area contributed by atoms with E-state index in [4.69, 9.17) is 0 Å². The van der Waals surface area contributed by atoms with Gasteiger partial charge in [-0.05, 0) is 30.5 Å². The zero-order valence-corrected chi connectivity index (χ0v) is 15.3. The van der Waals surface area contributed by atoms with Crippen molar-refractivity contribution in [3.63, 3.8) is 0 Å². The van der Waals surface area contributed by atoms with E-state index >= 15 is 0 Å². The molecule has 0 fully saturated rings. The number of hydrogen-bond donors (Lipinski definition) is 2. The molecule has 7 heteroatoms. The van der Waals surface area contributed by atoms with Crippen molar-refractivity contribution in [1.29, 1.82) is 0 Å². The molecule has 26 heavy (non-hydrogen) atoms. The largest absolute Gasteiger partial charge is 0.343 e. The van der Waals surface area contributed by atoms with Crippen molar-refractivity contribution >= 4 is 23.4 Å². The van der Waals surface area contributed by atoms with Crippen LogP contribution >= 0.6 is 11.8 Å². The van der Waals surface area contributed by atoms with Crippen molar-refractivity contribution in [2.45, 2.75) is 37.3 Å². The van der Waals surface area contributed by atoms with Gasteiger partial charge in [-0.15, -0.1) is 0 Å². The summed E-state index contributed by atoms with van der Waals surface area (Å²) in [5.74, 6) is 0.905. The fourth-order valence-corrected chi connectivity index (χ4v) is 4.38. The molecule has 1 aliphatic carbocycles. The number of allylic oxidation sites excluding steroid dienone is 2. The Morgan fingerprint density at radius 2 is 2.04 bits per heavy atom. The van der Waals surface area contributed by atoms with Crippen molar-refractivity contribution in [1.82, 2.24) is 15.0 Å². The van der Waals surface area contributed by atoms with Crippen molar-refractivity contribution in [2.75, 3.05) is 11.1 Å². The van der Waals surface area contributed by atoms with Gasteiger partial charge in [0.05, 0.1) is 11.5 Å². The molecule has 0 amide bonds. The predicted octanol–water partition coefficient (Wildman–Crippen LogP) is 3.09. The summed E-state index contributed by atoms with van der Waals surface area (Å²) in [4.78, 5) is 37.2. The average molecular weight is 368 g/mol. The molecule has 4 rings (SSSR count). The fraction of sp³-hybridized carbons (Fsp3) is 0.368. The summed E-state index contributed by atoms with van der Waals surface area (Å²) in [5.41, 5.74) is 2.13. The first-order valence-corrected chi connectivity index (χ1v) is 9.84. The predicted molar refractivity (Wildman–Crippen MR) is 101 cm³/mol. The molecule has 0 saturated carbocycles. The lowest BCUT2D eigenvalue weighted by Gasteiger charge is -2.36. The third-order valence-corrected chi connectivity index (χ3v) is 5.86. The van der Waals surface area contributed by atoms with Gasteiger partial charge < -0.3 is 10.3 Å². The SMILES string of the molecule is CCCSc1nc2c(c(=O)[nH]1)[C@H](c1ccncc1)[C@H]1C(=O)CCC=C1N2. The van der Waals surface area contributed by atoms with Gasteiger partial charge in [0.2, 0.25) is 0 Å². The van der Waals surface area contributed by atoms with E-state index in [1.807, 2.05) is 12.1 Å². The quantitative estimate of drug-likeness (QED) is 0.637. The number of thioether (sulfide) groups is 1. The lowest BCUT2D eigenvalue weighted by atomic mass is 9.72. The number of nitrogens with one attached hydrogen (secondary N) is 2. The van der Waals surface area contributed by atoms with Crippen molar-refractivity contribution in [2.24, 2.45) is 5.92 Å². The Bertz CT molecular complexity index is 923. The minimum absolute atomic E-state index is 0.159. The number of ketones is 1. The molecule has 3 heterocycles. The Labute approximate surface area is 155 Å². The molecular weight excluding hydrogens is 348 g/mol. The number of rotatable bonds is 4. The van der Waals surface area contributed by atoms with Gasteiger partial charge in [0.25, 0.3) is 5.56 Å². The molecule has 2 atom stereocenters. The summed E-state index contributed by atoms with van der Waals surface area (Å²) in [7, 11) is 0. The van der Waals surface area contributed by atoms with E-state index in [1.54, 1.807) is 12.4 Å². The summed E-state index contributed by atoms with van der Waals surface area (Å²) in [6.45, 7) is 2.09. The first-order valence-electron chi connectivity index (χ1n) is 8.85. The van der Waals surface area contributed by atoms with Crippen LogP contribution in [-0.2, 0) is 4.79 Å². The van der Waals surface area contributed by atoms with E-state index in [0.29, 0.717) is 23.0 Å². The average Bonchev–Trinajstić information content (AvgIpc) is 2.65. The number of carbonyl (C=O) groups excluding carboxylic acids is 1. The molecule has 2 N–H and O–H groups in total. The van der Waals surface area contributed by atoms with Gasteiger partial charge in [-0.25, -0.2) is 4.98 Å². The first kappa shape index (κ1) is 17.0. The highest BCUT2D eigenvalue weighted by molar-refractivity contribution is 7.99. The number of hydrogen-bond acceptors (Lipinski definition) is 6. The summed E-state index contributed by atoms with van der Waals surface area (Å²) >= 11 is 1.53. The Morgan fingerprint density at radius 1 is 1.23 bits per heavy atom. The summed E-state index contributed by atoms with van der Waals surface area (Å²) in [5, 5.41) is 3.88. The van der Waals surface area contributed by atoms with Crippen LogP contribution in [0.5, 0.6) is 0 Å². The molecule has 0 bridgehead atoms. The Morgan fingerprint density at radius 3 is 2.81 bits per heavy atom. The fourth-order valence-electron chi connectivity index (χ4n) is 3.67. The number of aromatic amines is 1. The molecule has 0 saturated heterocycles. The molecule has 2 aromatic heterocycles. The standard InChI is InChI=1S/C19H20N4O2S/c1-2-10-26-19-22-17-16(18(25)23-19)14(11-6-8-20-9-7-11)15-12(21-17)4-3-5-13(15)24/h4,6-9,14-15H,2-3,5,10H2,1H3,(H2,21,22,23,25)/t14-,15-/m1/s1. The molecule has 2 aliphatic rings. The highest BCUT2D eigenvalue weighted by Crippen LogP contribution is 2.44. The van der Waals surface area contributed by atoms with Gasteiger partial charge in [0.15, 0.2) is 5.16 Å². The molecule has 0 unspecified atom stereocenters. The van der Waals surface area contributed by atoms with Crippen LogP contribution in [0.15, 0.2) is 46.3 Å². The topological polar surface area (TPSA) is 87.7 Å². The lowest BCUT2D eigenvalue weighted by Crippen LogP contribution is -2.38. The maximum absolute atomic E-state index is 12.9. The molecule has 6 nitrogen and oxygen atoms in total. The van der Waals surface area contributed by atoms with Crippen LogP contribution < -0.4 is 10.9 Å². The van der Waals surface area contributed by atoms with Gasteiger partial charge >= 0.3 is 0 Å². The highest BCUT2D eigenvalue weighted by Gasteiger charge is 2.42. The Kier molecular flexibility index (Phi) is 4.63. The van der Waals surface area contributed by atoms with Crippen LogP contribution in [0.25, 0.3) is 0 Å². The normalized spacial score (nSPS) is 21.4. The molecular formula is C19H20N4O2S. The van der Waals surface area contributed by atoms with Crippen molar-refractivity contribution in [3.8, 4) is 0 Å². The molecule has 0 spiro atoms. The maximum Gasteiger partial charge on any atom is 0.257 e. The lowest BCUT2D eigenvalue weighted by molar-refractivity contribution is -0.122. The number of nitrogens with zero attached hydrogens (tertiary/aromatic N) is 2. The van der Waals surface area contributed by atoms with Crippen LogP contribution in [0.4, 0.5) is 5.82 Å². The summed E-state index contributed by atoms with van der Waals surface area (Å²) in [6.07, 6.45) is 7.67. The molecule has 134 valence electrons. The van der Waals surface area contributed by atoms with E-state index in [0.717, 1.165) is 29.9 Å². The summed E-state index contributed by atoms with van der Waals surface area (Å²) in [6, 6.07) is 3.75. The smallest absolute Gasteiger partial charge is 0.257 e. The van der Waals surface area contributed by atoms with E-state index in [2.05, 4.69) is 33.3 Å². The highest BCUT2D eigenvalue weighted by atomic mass is 32.2. The van der Waals surface area contributed by atoms with Gasteiger partial charge in [0.1, 0.15) is 11.6 Å². The third kappa shape index (κ3) is 2.96. The second-order valence-corrected chi connectivity index (χ2v) is 7.59. The van der Waals surface area contributed by atoms with Gasteiger partial charge in [-0.2, -0.15) is 0 Å². The number of pyridine rings is 1. The van der Waals surface area contributed by atoms with E-state index in [9.17, 15) is 9.59 Å². The van der Waals surface area contributed by atoms with Gasteiger partial charge in [-0.1, -0.05) is 24.8 Å². The number of Topliss-reactive ketones (excluding diaryl/α,β-unsaturated/α-hetero) is 1. The van der Waals surface area contributed by atoms with Crippen LogP contribution in [0.3, 0.4) is 0 Å². The number of H-pyrrole nitrogens is 1. The van der Waals surface area contributed by atoms with Crippen molar-refractivity contribution < 1.29 is 4.79 Å². The minimum Gasteiger partial charge on any atom is -0.343 e. The van der Waals surface area contributed by atoms with Crippen LogP contribution in [0, 0.1) is 5.92 Å². The van der Waals surface area contributed by atoms with Gasteiger partial charge in [-0.3, -0.25) is 14.6 Å². The molecule has 1 aliphatic heterocycles. The van der Waals surface area contributed by atoms with E-state index in [1.165, 1.54) is 11.8 Å². The van der Waals surface area contributed by atoms with Crippen LogP contribution in [-0.4, -0.2) is 26.5 Å². The van der Waals surface area contributed by atoms with Crippen LogP contribution in [0.2, 0.25) is 0 Å². The Balaban J connectivity index is 1.89. The molecule has 2 aromatic rings. The van der Waals surface area contributed by atoms with E-state index < -0.39 is 0 Å². The second-order valence-electron chi connectivity index (χ2n) is 6.51. The summed E-state index contributed by atoms with van der Waals surface area (Å²) < 4.78 is 0. The first-order chi connectivity index (χ1) is 12.7. The van der Waals surface area contributed by atoms with E-state index in [-0.39, 0.29) is 23.2 Å².